The summed E-state index contributed by atoms with van der Waals surface area (Å²) in [6.07, 6.45) is 0.847. The fraction of sp³-hybridized carbons (Fsp3) is 0.524. The third-order valence-electron chi connectivity index (χ3n) is 4.68. The van der Waals surface area contributed by atoms with Gasteiger partial charge in [0.15, 0.2) is 5.11 Å². The molecule has 8 heteroatoms. The zero-order valence-corrected chi connectivity index (χ0v) is 18.5. The molecule has 0 aliphatic heterocycles. The molecule has 0 saturated heterocycles. The lowest BCUT2D eigenvalue weighted by Crippen LogP contribution is -2.40. The quantitative estimate of drug-likeness (QED) is 0.433. The topological polar surface area (TPSA) is 53.8 Å². The molecular formula is C21H31FN4O2S. The molecule has 0 bridgehead atoms. The zero-order valence-electron chi connectivity index (χ0n) is 17.7. The average Bonchev–Trinajstić information content (AvgIpc) is 3.12. The van der Waals surface area contributed by atoms with Crippen molar-refractivity contribution in [3.05, 3.63) is 35.6 Å². The van der Waals surface area contributed by atoms with Gasteiger partial charge >= 0.3 is 0 Å². The molecule has 1 aromatic carbocycles. The molecular weight excluding hydrogens is 391 g/mol. The molecule has 0 spiro atoms. The van der Waals surface area contributed by atoms with Gasteiger partial charge in [-0.25, -0.2) is 4.39 Å². The van der Waals surface area contributed by atoms with E-state index in [-0.39, 0.29) is 5.82 Å². The molecule has 29 heavy (non-hydrogen) atoms. The number of ether oxygens (including phenoxy) is 1. The Morgan fingerprint density at radius 3 is 2.48 bits per heavy atom. The second-order valence-corrected chi connectivity index (χ2v) is 6.98. The van der Waals surface area contributed by atoms with Crippen LogP contribution in [0.2, 0.25) is 0 Å². The molecule has 0 unspecified atom stereocenters. The van der Waals surface area contributed by atoms with Gasteiger partial charge in [0.05, 0.1) is 12.1 Å². The van der Waals surface area contributed by atoms with Crippen LogP contribution in [0.15, 0.2) is 28.8 Å². The highest BCUT2D eigenvalue weighted by Gasteiger charge is 2.24. The van der Waals surface area contributed by atoms with Crippen LogP contribution in [-0.4, -0.2) is 55.1 Å². The molecule has 0 fully saturated rings. The summed E-state index contributed by atoms with van der Waals surface area (Å²) >= 11 is 5.60. The molecule has 160 valence electrons. The normalized spacial score (nSPS) is 10.8. The Kier molecular flexibility index (Phi) is 9.34. The number of methoxy groups -OCH3 is 1. The summed E-state index contributed by atoms with van der Waals surface area (Å²) in [6.45, 7) is 10.4. The first-order valence-corrected chi connectivity index (χ1v) is 10.5. The van der Waals surface area contributed by atoms with Crippen LogP contribution in [0.1, 0.15) is 32.8 Å². The van der Waals surface area contributed by atoms with Crippen LogP contribution in [0.3, 0.4) is 0 Å². The van der Waals surface area contributed by atoms with Gasteiger partial charge in [0, 0.05) is 45.5 Å². The molecule has 1 aromatic heterocycles. The molecule has 1 N–H and O–H groups in total. The molecule has 6 nitrogen and oxygen atoms in total. The van der Waals surface area contributed by atoms with Crippen molar-refractivity contribution in [3.8, 4) is 11.3 Å². The van der Waals surface area contributed by atoms with Crippen LogP contribution in [-0.2, 0) is 11.3 Å². The second-order valence-electron chi connectivity index (χ2n) is 6.60. The number of nitrogens with one attached hydrogen (secondary N) is 1. The minimum absolute atomic E-state index is 0.280. The predicted molar refractivity (Wildman–Crippen MR) is 119 cm³/mol. The fourth-order valence-corrected chi connectivity index (χ4v) is 3.44. The van der Waals surface area contributed by atoms with Crippen molar-refractivity contribution < 1.29 is 13.7 Å². The molecule has 0 aliphatic rings. The minimum atomic E-state index is -0.280. The van der Waals surface area contributed by atoms with Gasteiger partial charge < -0.3 is 24.4 Å². The molecule has 2 aromatic rings. The minimum Gasteiger partial charge on any atom is -0.385 e. The molecule has 0 radical (unpaired) electrons. The van der Waals surface area contributed by atoms with Gasteiger partial charge in [0.1, 0.15) is 11.5 Å². The SMILES string of the molecule is CCNC(=S)N(CCCOC)Cc1c(-c2ccc(F)cc2)noc1N(CC)CC. The van der Waals surface area contributed by atoms with Gasteiger partial charge in [-0.2, -0.15) is 0 Å². The van der Waals surface area contributed by atoms with E-state index < -0.39 is 0 Å². The van der Waals surface area contributed by atoms with Crippen LogP contribution < -0.4 is 10.2 Å². The zero-order chi connectivity index (χ0) is 21.2. The maximum Gasteiger partial charge on any atom is 0.232 e. The Morgan fingerprint density at radius 2 is 1.90 bits per heavy atom. The maximum absolute atomic E-state index is 13.4. The third kappa shape index (κ3) is 6.14. The summed E-state index contributed by atoms with van der Waals surface area (Å²) in [5, 5.41) is 8.25. The lowest BCUT2D eigenvalue weighted by atomic mass is 10.1. The van der Waals surface area contributed by atoms with Crippen molar-refractivity contribution in [1.82, 2.24) is 15.4 Å². The Bertz CT molecular complexity index is 763. The van der Waals surface area contributed by atoms with Crippen molar-refractivity contribution in [2.75, 3.05) is 44.8 Å². The van der Waals surface area contributed by atoms with Gasteiger partial charge in [-0.3, -0.25) is 0 Å². The molecule has 0 atom stereocenters. The van der Waals surface area contributed by atoms with Crippen LogP contribution in [0.4, 0.5) is 10.3 Å². The number of hydrogen-bond donors (Lipinski definition) is 1. The molecule has 0 saturated carbocycles. The van der Waals surface area contributed by atoms with Gasteiger partial charge in [-0.1, -0.05) is 5.16 Å². The second kappa shape index (κ2) is 11.7. The molecule has 0 amide bonds. The van der Waals surface area contributed by atoms with E-state index in [4.69, 9.17) is 21.5 Å². The van der Waals surface area contributed by atoms with Crippen LogP contribution in [0.25, 0.3) is 11.3 Å². The van der Waals surface area contributed by atoms with Gasteiger partial charge in [-0.15, -0.1) is 0 Å². The number of rotatable bonds is 11. The van der Waals surface area contributed by atoms with E-state index in [1.807, 2.05) is 6.92 Å². The fourth-order valence-electron chi connectivity index (χ4n) is 3.14. The lowest BCUT2D eigenvalue weighted by molar-refractivity contribution is 0.185. The molecule has 2 rings (SSSR count). The first kappa shape index (κ1) is 23.1. The predicted octanol–water partition coefficient (Wildman–Crippen LogP) is 4.06. The van der Waals surface area contributed by atoms with E-state index in [1.54, 1.807) is 19.2 Å². The van der Waals surface area contributed by atoms with Crippen molar-refractivity contribution in [2.24, 2.45) is 0 Å². The van der Waals surface area contributed by atoms with Crippen LogP contribution >= 0.6 is 12.2 Å². The summed E-state index contributed by atoms with van der Waals surface area (Å²) in [7, 11) is 1.69. The Balaban J connectivity index is 2.42. The first-order chi connectivity index (χ1) is 14.0. The number of nitrogens with zero attached hydrogens (tertiary/aromatic N) is 3. The highest BCUT2D eigenvalue weighted by atomic mass is 32.1. The van der Waals surface area contributed by atoms with E-state index in [2.05, 4.69) is 34.1 Å². The summed E-state index contributed by atoms with van der Waals surface area (Å²) in [5.41, 5.74) is 2.47. The maximum atomic E-state index is 13.4. The summed E-state index contributed by atoms with van der Waals surface area (Å²) < 4.78 is 24.4. The average molecular weight is 423 g/mol. The van der Waals surface area contributed by atoms with Crippen molar-refractivity contribution in [3.63, 3.8) is 0 Å². The largest absolute Gasteiger partial charge is 0.385 e. The Morgan fingerprint density at radius 1 is 1.21 bits per heavy atom. The first-order valence-electron chi connectivity index (χ1n) is 10.1. The lowest BCUT2D eigenvalue weighted by Gasteiger charge is -2.27. The van der Waals surface area contributed by atoms with Gasteiger partial charge in [0.2, 0.25) is 5.88 Å². The number of hydrogen-bond acceptors (Lipinski definition) is 5. The smallest absolute Gasteiger partial charge is 0.232 e. The van der Waals surface area contributed by atoms with E-state index in [0.717, 1.165) is 49.6 Å². The van der Waals surface area contributed by atoms with Crippen molar-refractivity contribution >= 4 is 23.2 Å². The standard InChI is InChI=1S/C21H31FN4O2S/c1-5-23-21(29)26(13-8-14-27-4)15-18-19(16-9-11-17(22)12-10-16)24-28-20(18)25(6-2)7-3/h9-12H,5-8,13-15H2,1-4H3,(H,23,29). The van der Waals surface area contributed by atoms with E-state index in [0.29, 0.717) is 24.0 Å². The van der Waals surface area contributed by atoms with Crippen LogP contribution in [0, 0.1) is 5.82 Å². The summed E-state index contributed by atoms with van der Waals surface area (Å²) in [6, 6.07) is 6.32. The number of halogens is 1. The number of benzene rings is 1. The highest BCUT2D eigenvalue weighted by Crippen LogP contribution is 2.32. The Hall–Kier alpha value is -2.19. The van der Waals surface area contributed by atoms with Crippen molar-refractivity contribution in [1.29, 1.82) is 0 Å². The van der Waals surface area contributed by atoms with E-state index in [9.17, 15) is 4.39 Å². The molecule has 0 aliphatic carbocycles. The number of aromatic nitrogens is 1. The highest BCUT2D eigenvalue weighted by molar-refractivity contribution is 7.80. The molecule has 1 heterocycles. The monoisotopic (exact) mass is 422 g/mol. The number of thiocarbonyl (C=S) groups is 1. The number of anilines is 1. The van der Waals surface area contributed by atoms with Crippen LogP contribution in [0.5, 0.6) is 0 Å². The third-order valence-corrected chi connectivity index (χ3v) is 5.08. The van der Waals surface area contributed by atoms with Gasteiger partial charge in [-0.05, 0) is 63.7 Å². The Labute approximate surface area is 178 Å². The van der Waals surface area contributed by atoms with E-state index in [1.165, 1.54) is 12.1 Å². The van der Waals surface area contributed by atoms with E-state index >= 15 is 0 Å². The summed E-state index contributed by atoms with van der Waals surface area (Å²) in [5.74, 6) is 0.447. The summed E-state index contributed by atoms with van der Waals surface area (Å²) in [4.78, 5) is 4.23. The van der Waals surface area contributed by atoms with Gasteiger partial charge in [0.25, 0.3) is 0 Å². The van der Waals surface area contributed by atoms with Crippen molar-refractivity contribution in [2.45, 2.75) is 33.7 Å².